The summed E-state index contributed by atoms with van der Waals surface area (Å²) < 4.78 is 2.40. The van der Waals surface area contributed by atoms with E-state index in [1.165, 1.54) is 5.69 Å². The topological polar surface area (TPSA) is 44.4 Å². The highest BCUT2D eigenvalue weighted by molar-refractivity contribution is 7.78. The van der Waals surface area contributed by atoms with E-state index in [1.54, 1.807) is 0 Å². The number of thiol groups is 1. The van der Waals surface area contributed by atoms with Crippen LogP contribution >= 0.6 is 12.8 Å². The molecule has 2 N–H and O–H groups in total. The summed E-state index contributed by atoms with van der Waals surface area (Å²) in [5, 5.41) is 3.41. The first-order valence-corrected chi connectivity index (χ1v) is 10.8. The summed E-state index contributed by atoms with van der Waals surface area (Å²) in [6.45, 7) is 23.0. The number of carbonyl (C=O) groups is 1. The summed E-state index contributed by atoms with van der Waals surface area (Å²) >= 11 is 3.84. The van der Waals surface area contributed by atoms with Crippen molar-refractivity contribution in [2.75, 3.05) is 23.3 Å². The number of hydrogen-bond acceptors (Lipinski definition) is 4. The Kier molecular flexibility index (Phi) is 12.8. The first-order chi connectivity index (χ1) is 13.1. The standard InChI is InChI=1S/C21H35N3OS.C2H6/c1-14(2)12-24(13-15(3)4)20-9-8-18(11-19(20)22-16(5)6)17(7)10-21(25)23-26;1-2/h8-9,11,14-15,17,22,26H,5,10,12-13H2,1-4,6-7H3,(H,23,25);1-2H3. The van der Waals surface area contributed by atoms with Gasteiger partial charge in [0.25, 0.3) is 0 Å². The first-order valence-electron chi connectivity index (χ1n) is 10.4. The summed E-state index contributed by atoms with van der Waals surface area (Å²) in [6, 6.07) is 6.44. The predicted molar refractivity (Wildman–Crippen MR) is 128 cm³/mol. The lowest BCUT2D eigenvalue weighted by atomic mass is 9.96. The van der Waals surface area contributed by atoms with Crippen molar-refractivity contribution in [3.63, 3.8) is 0 Å². The molecule has 0 radical (unpaired) electrons. The number of allylic oxidation sites excluding steroid dienone is 1. The Hall–Kier alpha value is -1.62. The minimum atomic E-state index is -0.0689. The SMILES string of the molecule is C=C(C)Nc1cc(C(C)CC(=O)NS)ccc1N(CC(C)C)CC(C)C.CC. The van der Waals surface area contributed by atoms with Gasteiger partial charge in [-0.15, -0.1) is 0 Å². The molecule has 0 bridgehead atoms. The summed E-state index contributed by atoms with van der Waals surface area (Å²) in [4.78, 5) is 14.1. The van der Waals surface area contributed by atoms with Gasteiger partial charge in [0.05, 0.1) is 11.4 Å². The molecule has 0 aliphatic carbocycles. The molecule has 0 aromatic heterocycles. The highest BCUT2D eigenvalue weighted by Gasteiger charge is 2.17. The number of nitrogens with one attached hydrogen (secondary N) is 2. The van der Waals surface area contributed by atoms with Gasteiger partial charge in [-0.1, -0.05) is 73.9 Å². The second-order valence-corrected chi connectivity index (χ2v) is 8.24. The van der Waals surface area contributed by atoms with Crippen LogP contribution in [0, 0.1) is 11.8 Å². The summed E-state index contributed by atoms with van der Waals surface area (Å²) in [6.07, 6.45) is 0.414. The Balaban J connectivity index is 0.00000352. The van der Waals surface area contributed by atoms with Crippen LogP contribution in [0.25, 0.3) is 0 Å². The Bertz CT molecular complexity index is 604. The number of amides is 1. The molecule has 1 aromatic rings. The second-order valence-electron chi connectivity index (χ2n) is 8.01. The quantitative estimate of drug-likeness (QED) is 0.403. The van der Waals surface area contributed by atoms with Gasteiger partial charge in [-0.2, -0.15) is 0 Å². The molecular formula is C23H41N3OS. The molecule has 28 heavy (non-hydrogen) atoms. The lowest BCUT2D eigenvalue weighted by molar-refractivity contribution is -0.119. The van der Waals surface area contributed by atoms with Crippen LogP contribution in [0.5, 0.6) is 0 Å². The lowest BCUT2D eigenvalue weighted by Gasteiger charge is -2.31. The molecule has 0 saturated carbocycles. The maximum atomic E-state index is 11.7. The van der Waals surface area contributed by atoms with Crippen molar-refractivity contribution in [3.8, 4) is 0 Å². The fraction of sp³-hybridized carbons (Fsp3) is 0.609. The van der Waals surface area contributed by atoms with Crippen LogP contribution in [0.2, 0.25) is 0 Å². The molecule has 0 fully saturated rings. The number of benzene rings is 1. The van der Waals surface area contributed by atoms with Crippen LogP contribution in [-0.2, 0) is 4.79 Å². The van der Waals surface area contributed by atoms with Crippen molar-refractivity contribution in [2.45, 2.75) is 67.7 Å². The molecule has 1 rings (SSSR count). The zero-order valence-corrected chi connectivity index (χ0v) is 20.0. The van der Waals surface area contributed by atoms with Gasteiger partial charge in [0.15, 0.2) is 0 Å². The third kappa shape index (κ3) is 9.54. The third-order valence-corrected chi connectivity index (χ3v) is 4.32. The Morgan fingerprint density at radius 3 is 2.07 bits per heavy atom. The number of carbonyl (C=O) groups excluding carboxylic acids is 1. The molecule has 1 unspecified atom stereocenters. The van der Waals surface area contributed by atoms with Crippen LogP contribution < -0.4 is 14.9 Å². The van der Waals surface area contributed by atoms with Crippen LogP contribution in [0.1, 0.15) is 73.3 Å². The number of anilines is 2. The molecule has 5 heteroatoms. The number of nitrogens with zero attached hydrogens (tertiary/aromatic N) is 1. The van der Waals surface area contributed by atoms with E-state index in [0.29, 0.717) is 18.3 Å². The molecule has 4 nitrogen and oxygen atoms in total. The highest BCUT2D eigenvalue weighted by Crippen LogP contribution is 2.33. The fourth-order valence-corrected chi connectivity index (χ4v) is 3.15. The fourth-order valence-electron chi connectivity index (χ4n) is 3.06. The van der Waals surface area contributed by atoms with Gasteiger partial charge in [0, 0.05) is 25.2 Å². The maximum absolute atomic E-state index is 11.7. The van der Waals surface area contributed by atoms with Gasteiger partial charge >= 0.3 is 0 Å². The van der Waals surface area contributed by atoms with Crippen LogP contribution in [0.4, 0.5) is 11.4 Å². The number of hydrogen-bond donors (Lipinski definition) is 3. The average Bonchev–Trinajstić information content (AvgIpc) is 2.61. The van der Waals surface area contributed by atoms with Gasteiger partial charge in [-0.3, -0.25) is 4.79 Å². The molecule has 1 aromatic carbocycles. The number of rotatable bonds is 10. The smallest absolute Gasteiger partial charge is 0.230 e. The molecule has 1 amide bonds. The zero-order valence-electron chi connectivity index (χ0n) is 19.1. The Labute approximate surface area is 178 Å². The van der Waals surface area contributed by atoms with Gasteiger partial charge in [0.1, 0.15) is 0 Å². The molecule has 0 spiro atoms. The van der Waals surface area contributed by atoms with E-state index < -0.39 is 0 Å². The normalized spacial score (nSPS) is 11.5. The lowest BCUT2D eigenvalue weighted by Crippen LogP contribution is -2.32. The first kappa shape index (κ1) is 26.4. The molecule has 0 aliphatic heterocycles. The van der Waals surface area contributed by atoms with Crippen LogP contribution in [0.15, 0.2) is 30.5 Å². The van der Waals surface area contributed by atoms with E-state index in [9.17, 15) is 4.79 Å². The van der Waals surface area contributed by atoms with E-state index in [-0.39, 0.29) is 11.8 Å². The van der Waals surface area contributed by atoms with Crippen molar-refractivity contribution >= 4 is 30.1 Å². The van der Waals surface area contributed by atoms with Crippen molar-refractivity contribution in [2.24, 2.45) is 11.8 Å². The van der Waals surface area contributed by atoms with Crippen LogP contribution in [0.3, 0.4) is 0 Å². The van der Waals surface area contributed by atoms with E-state index in [4.69, 9.17) is 0 Å². The van der Waals surface area contributed by atoms with E-state index in [2.05, 4.69) is 87.2 Å². The van der Waals surface area contributed by atoms with Crippen molar-refractivity contribution in [1.29, 1.82) is 0 Å². The van der Waals surface area contributed by atoms with E-state index >= 15 is 0 Å². The van der Waals surface area contributed by atoms with Gasteiger partial charge in [-0.05, 0) is 42.4 Å². The minimum Gasteiger partial charge on any atom is -0.369 e. The van der Waals surface area contributed by atoms with Gasteiger partial charge in [0.2, 0.25) is 5.91 Å². The second kappa shape index (κ2) is 13.5. The van der Waals surface area contributed by atoms with E-state index in [0.717, 1.165) is 30.0 Å². The highest BCUT2D eigenvalue weighted by atomic mass is 32.1. The third-order valence-electron chi connectivity index (χ3n) is 4.07. The maximum Gasteiger partial charge on any atom is 0.230 e. The van der Waals surface area contributed by atoms with Crippen molar-refractivity contribution in [1.82, 2.24) is 4.72 Å². The zero-order chi connectivity index (χ0) is 21.9. The summed E-state index contributed by atoms with van der Waals surface area (Å²) in [7, 11) is 0. The molecular weight excluding hydrogens is 366 g/mol. The monoisotopic (exact) mass is 407 g/mol. The van der Waals surface area contributed by atoms with Crippen molar-refractivity contribution < 1.29 is 4.79 Å². The van der Waals surface area contributed by atoms with Gasteiger partial charge < -0.3 is 14.9 Å². The molecule has 160 valence electrons. The van der Waals surface area contributed by atoms with Gasteiger partial charge in [-0.25, -0.2) is 0 Å². The Morgan fingerprint density at radius 1 is 1.11 bits per heavy atom. The average molecular weight is 408 g/mol. The minimum absolute atomic E-state index is 0.0689. The Morgan fingerprint density at radius 2 is 1.64 bits per heavy atom. The van der Waals surface area contributed by atoms with Crippen molar-refractivity contribution in [3.05, 3.63) is 36.0 Å². The molecule has 0 heterocycles. The largest absolute Gasteiger partial charge is 0.369 e. The molecule has 0 saturated heterocycles. The van der Waals surface area contributed by atoms with E-state index in [1.807, 2.05) is 20.8 Å². The predicted octanol–water partition coefficient (Wildman–Crippen LogP) is 6.23. The molecule has 1 atom stereocenters. The van der Waals surface area contributed by atoms with Crippen LogP contribution in [-0.4, -0.2) is 19.0 Å². The summed E-state index contributed by atoms with van der Waals surface area (Å²) in [5.74, 6) is 1.19. The molecule has 0 aliphatic rings. The summed E-state index contributed by atoms with van der Waals surface area (Å²) in [5.41, 5.74) is 4.26.